The minimum Gasteiger partial charge on any atom is -0.497 e. The van der Waals surface area contributed by atoms with Crippen LogP contribution < -0.4 is 4.74 Å². The molecule has 1 aliphatic rings. The number of aliphatic hydroxyl groups excluding tert-OH is 4. The van der Waals surface area contributed by atoms with Crippen molar-refractivity contribution in [2.24, 2.45) is 0 Å². The molecule has 0 saturated carbocycles. The van der Waals surface area contributed by atoms with E-state index in [9.17, 15) is 20.4 Å². The van der Waals surface area contributed by atoms with Crippen molar-refractivity contribution in [1.29, 1.82) is 0 Å². The van der Waals surface area contributed by atoms with E-state index in [1.165, 1.54) is 0 Å². The smallest absolute Gasteiger partial charge is 0.163 e. The maximum absolute atomic E-state index is 10.6. The van der Waals surface area contributed by atoms with Crippen LogP contribution in [-0.2, 0) is 11.2 Å². The Balaban J connectivity index is 1.80. The van der Waals surface area contributed by atoms with Crippen molar-refractivity contribution in [3.63, 3.8) is 0 Å². The van der Waals surface area contributed by atoms with Gasteiger partial charge in [0.15, 0.2) is 6.23 Å². The third-order valence-corrected chi connectivity index (χ3v) is 6.14. The van der Waals surface area contributed by atoms with Crippen LogP contribution in [0.1, 0.15) is 17.4 Å². The number of rotatable bonds is 5. The number of benzene rings is 2. The number of aliphatic hydroxyl groups is 4. The predicted molar refractivity (Wildman–Crippen MR) is 117 cm³/mol. The summed E-state index contributed by atoms with van der Waals surface area (Å²) < 4.78 is 12.6. The SMILES string of the molecule is COc1ccc(Cc2cn([C@@H]3O[C@H](CO)[C@@H](O)[C@H](O)[C@H]3O)c3cc(Cl)cc(Cl)c23)cc1. The van der Waals surface area contributed by atoms with Crippen molar-refractivity contribution in [3.8, 4) is 5.75 Å². The van der Waals surface area contributed by atoms with Gasteiger partial charge in [-0.1, -0.05) is 35.3 Å². The molecule has 1 saturated heterocycles. The summed E-state index contributed by atoms with van der Waals surface area (Å²) in [4.78, 5) is 0. The second kappa shape index (κ2) is 8.96. The summed E-state index contributed by atoms with van der Waals surface area (Å²) in [5, 5.41) is 42.1. The number of hydrogen-bond donors (Lipinski definition) is 4. The Kier molecular flexibility index (Phi) is 6.46. The number of ether oxygens (including phenoxy) is 2. The molecule has 1 aromatic heterocycles. The molecule has 0 bridgehead atoms. The molecule has 0 aliphatic carbocycles. The molecule has 1 aliphatic heterocycles. The molecule has 4 rings (SSSR count). The van der Waals surface area contributed by atoms with E-state index < -0.39 is 37.3 Å². The molecule has 31 heavy (non-hydrogen) atoms. The Labute approximate surface area is 189 Å². The summed E-state index contributed by atoms with van der Waals surface area (Å²) in [6, 6.07) is 11.0. The quantitative estimate of drug-likeness (QED) is 0.459. The van der Waals surface area contributed by atoms with Crippen LogP contribution in [0.3, 0.4) is 0 Å². The number of halogens is 2. The first-order valence-electron chi connectivity index (χ1n) is 9.76. The van der Waals surface area contributed by atoms with Crippen molar-refractivity contribution in [2.45, 2.75) is 37.1 Å². The van der Waals surface area contributed by atoms with Crippen LogP contribution in [0.25, 0.3) is 10.9 Å². The Morgan fingerprint density at radius 1 is 1.03 bits per heavy atom. The normalized spacial score (nSPS) is 26.4. The molecule has 1 fully saturated rings. The van der Waals surface area contributed by atoms with Crippen LogP contribution in [0.2, 0.25) is 10.0 Å². The number of nitrogens with zero attached hydrogens (tertiary/aromatic N) is 1. The van der Waals surface area contributed by atoms with E-state index >= 15 is 0 Å². The fraction of sp³-hybridized carbons (Fsp3) is 0.364. The molecule has 7 nitrogen and oxygen atoms in total. The monoisotopic (exact) mass is 467 g/mol. The first-order valence-corrected chi connectivity index (χ1v) is 10.5. The standard InChI is InChI=1S/C22H23Cl2NO6/c1-30-14-4-2-11(3-5-14)6-12-9-25(16-8-13(23)7-15(24)18(12)16)22-21(29)20(28)19(27)17(10-26)31-22/h2-5,7-9,17,19-22,26-29H,6,10H2,1H3/t17-,19-,20+,21-,22-/m1/s1. The Morgan fingerprint density at radius 3 is 2.39 bits per heavy atom. The van der Waals surface area contributed by atoms with Gasteiger partial charge in [-0.25, -0.2) is 0 Å². The Morgan fingerprint density at radius 2 is 1.74 bits per heavy atom. The van der Waals surface area contributed by atoms with Gasteiger partial charge in [-0.2, -0.15) is 0 Å². The average molecular weight is 468 g/mol. The van der Waals surface area contributed by atoms with Crippen molar-refractivity contribution in [3.05, 3.63) is 63.8 Å². The molecular weight excluding hydrogens is 445 g/mol. The van der Waals surface area contributed by atoms with Crippen molar-refractivity contribution in [2.75, 3.05) is 13.7 Å². The first kappa shape index (κ1) is 22.4. The zero-order valence-corrected chi connectivity index (χ0v) is 18.2. The summed E-state index contributed by atoms with van der Waals surface area (Å²) in [6.07, 6.45) is -4.13. The Bertz CT molecular complexity index is 1070. The van der Waals surface area contributed by atoms with Gasteiger partial charge in [-0.3, -0.25) is 0 Å². The van der Waals surface area contributed by atoms with Gasteiger partial charge in [-0.15, -0.1) is 0 Å². The van der Waals surface area contributed by atoms with E-state index in [0.29, 0.717) is 22.0 Å². The second-order valence-electron chi connectivity index (χ2n) is 7.59. The van der Waals surface area contributed by atoms with E-state index in [4.69, 9.17) is 32.7 Å². The highest BCUT2D eigenvalue weighted by atomic mass is 35.5. The van der Waals surface area contributed by atoms with Gasteiger partial charge in [0.05, 0.1) is 24.3 Å². The highest BCUT2D eigenvalue weighted by Crippen LogP contribution is 2.38. The Hall–Kier alpha value is -1.84. The van der Waals surface area contributed by atoms with Gasteiger partial charge in [0.25, 0.3) is 0 Å². The fourth-order valence-corrected chi connectivity index (χ4v) is 4.61. The molecule has 4 N–H and O–H groups in total. The highest BCUT2D eigenvalue weighted by Gasteiger charge is 2.44. The van der Waals surface area contributed by atoms with Crippen molar-refractivity contribution >= 4 is 34.1 Å². The maximum Gasteiger partial charge on any atom is 0.163 e. The minimum absolute atomic E-state index is 0.400. The molecule has 5 atom stereocenters. The number of fused-ring (bicyclic) bond motifs is 1. The first-order chi connectivity index (χ1) is 14.8. The number of hydrogen-bond acceptors (Lipinski definition) is 6. The van der Waals surface area contributed by atoms with Crippen LogP contribution in [-0.4, -0.2) is 63.1 Å². The van der Waals surface area contributed by atoms with Gasteiger partial charge in [0.2, 0.25) is 0 Å². The predicted octanol–water partition coefficient (Wildman–Crippen LogP) is 2.52. The lowest BCUT2D eigenvalue weighted by Crippen LogP contribution is -2.56. The number of methoxy groups -OCH3 is 1. The van der Waals surface area contributed by atoms with Gasteiger partial charge < -0.3 is 34.5 Å². The lowest BCUT2D eigenvalue weighted by Gasteiger charge is -2.40. The zero-order chi connectivity index (χ0) is 22.3. The third-order valence-electron chi connectivity index (χ3n) is 5.62. The van der Waals surface area contributed by atoms with E-state index in [-0.39, 0.29) is 0 Å². The highest BCUT2D eigenvalue weighted by molar-refractivity contribution is 6.38. The van der Waals surface area contributed by atoms with Crippen LogP contribution >= 0.6 is 23.2 Å². The van der Waals surface area contributed by atoms with Crippen LogP contribution in [0, 0.1) is 0 Å². The fourth-order valence-electron chi connectivity index (χ4n) is 4.00. The largest absolute Gasteiger partial charge is 0.497 e. The van der Waals surface area contributed by atoms with E-state index in [0.717, 1.165) is 22.3 Å². The molecule has 3 aromatic rings. The maximum atomic E-state index is 10.6. The van der Waals surface area contributed by atoms with Gasteiger partial charge in [0.1, 0.15) is 30.2 Å². The average Bonchev–Trinajstić information content (AvgIpc) is 3.11. The topological polar surface area (TPSA) is 104 Å². The molecule has 2 heterocycles. The molecule has 166 valence electrons. The molecule has 0 unspecified atom stereocenters. The van der Waals surface area contributed by atoms with Gasteiger partial charge in [0, 0.05) is 16.6 Å². The third kappa shape index (κ3) is 4.15. The summed E-state index contributed by atoms with van der Waals surface area (Å²) in [5.41, 5.74) is 2.48. The minimum atomic E-state index is -1.49. The van der Waals surface area contributed by atoms with Crippen LogP contribution in [0.5, 0.6) is 5.75 Å². The van der Waals surface area contributed by atoms with E-state index in [2.05, 4.69) is 0 Å². The van der Waals surface area contributed by atoms with E-state index in [1.54, 1.807) is 30.0 Å². The second-order valence-corrected chi connectivity index (χ2v) is 8.43. The summed E-state index contributed by atoms with van der Waals surface area (Å²) in [6.45, 7) is -0.513. The zero-order valence-electron chi connectivity index (χ0n) is 16.7. The molecule has 0 spiro atoms. The molecule has 0 radical (unpaired) electrons. The number of aromatic nitrogens is 1. The van der Waals surface area contributed by atoms with Crippen LogP contribution in [0.4, 0.5) is 0 Å². The van der Waals surface area contributed by atoms with Crippen LogP contribution in [0.15, 0.2) is 42.6 Å². The van der Waals surface area contributed by atoms with Crippen molar-refractivity contribution < 1.29 is 29.9 Å². The van der Waals surface area contributed by atoms with Crippen molar-refractivity contribution in [1.82, 2.24) is 4.57 Å². The van der Waals surface area contributed by atoms with Gasteiger partial charge >= 0.3 is 0 Å². The molecule has 2 aromatic carbocycles. The lowest BCUT2D eigenvalue weighted by molar-refractivity contribution is -0.250. The molecule has 0 amide bonds. The molecule has 9 heteroatoms. The van der Waals surface area contributed by atoms with E-state index in [1.807, 2.05) is 24.3 Å². The summed E-state index contributed by atoms with van der Waals surface area (Å²) in [7, 11) is 1.60. The summed E-state index contributed by atoms with van der Waals surface area (Å²) in [5.74, 6) is 0.748. The molecular formula is C22H23Cl2NO6. The lowest BCUT2D eigenvalue weighted by atomic mass is 9.98. The summed E-state index contributed by atoms with van der Waals surface area (Å²) >= 11 is 12.8. The van der Waals surface area contributed by atoms with Gasteiger partial charge in [-0.05, 0) is 41.8 Å².